The number of carbonyl (C=O) groups excluding carboxylic acids is 1. The first-order valence-corrected chi connectivity index (χ1v) is 11.5. The van der Waals surface area contributed by atoms with Gasteiger partial charge >= 0.3 is 0 Å². The molecule has 0 radical (unpaired) electrons. The number of nitrogens with two attached hydrogens (primary N) is 1. The average molecular weight is 489 g/mol. The highest BCUT2D eigenvalue weighted by Gasteiger charge is 2.24. The lowest BCUT2D eigenvalue weighted by Crippen LogP contribution is -2.31. The van der Waals surface area contributed by atoms with Gasteiger partial charge in [0, 0.05) is 37.0 Å². The Hall–Kier alpha value is -2.76. The Balaban J connectivity index is 0.00000274. The van der Waals surface area contributed by atoms with Gasteiger partial charge in [0.1, 0.15) is 24.3 Å². The van der Waals surface area contributed by atoms with Gasteiger partial charge < -0.3 is 35.9 Å². The molecular formula is C23H32N6O4S. The number of benzene rings is 1. The highest BCUT2D eigenvalue weighted by atomic mass is 32.1. The lowest BCUT2D eigenvalue weighted by molar-refractivity contribution is -0.0298. The first-order valence-electron chi connectivity index (χ1n) is 11.5. The molecule has 2 aromatic rings. The maximum absolute atomic E-state index is 11.7. The third-order valence-electron chi connectivity index (χ3n) is 5.98. The molecule has 2 fully saturated rings. The third-order valence-corrected chi connectivity index (χ3v) is 5.98. The summed E-state index contributed by atoms with van der Waals surface area (Å²) in [5, 5.41) is 9.87. The molecule has 11 heteroatoms. The number of amides is 1. The standard InChI is InChI=1S/C23H30N6O4.H2S/c24-21(30)18-10-26-23(29-22(18)27-15-3-4-15)28-16-5-6-20-19(8-16)25-9-17(13-33-20)32-12-14-2-1-7-31-11-14;/h5-6,8,10,14-15,17,25H,1-4,7,9,11-13H2,(H2,24,30)(H2,26,27,28,29);1H2/t14?,17-;/m0./s1. The fourth-order valence-electron chi connectivity index (χ4n) is 3.94. The molecule has 1 amide bonds. The van der Waals surface area contributed by atoms with Crippen LogP contribution in [0.5, 0.6) is 5.75 Å². The quantitative estimate of drug-likeness (QED) is 0.442. The zero-order valence-electron chi connectivity index (χ0n) is 19.0. The Kier molecular flexibility index (Phi) is 7.96. The first-order chi connectivity index (χ1) is 16.1. The number of ether oxygens (including phenoxy) is 3. The average Bonchev–Trinajstić information content (AvgIpc) is 3.65. The molecule has 5 rings (SSSR count). The van der Waals surface area contributed by atoms with Crippen LogP contribution in [0.4, 0.5) is 23.1 Å². The fraction of sp³-hybridized carbons (Fsp3) is 0.522. The number of carbonyl (C=O) groups is 1. The van der Waals surface area contributed by atoms with Crippen molar-refractivity contribution in [1.82, 2.24) is 9.97 Å². The maximum atomic E-state index is 11.7. The van der Waals surface area contributed by atoms with E-state index in [0.717, 1.165) is 56.0 Å². The lowest BCUT2D eigenvalue weighted by Gasteiger charge is -2.24. The number of nitrogens with one attached hydrogen (secondary N) is 3. The molecule has 1 aliphatic carbocycles. The van der Waals surface area contributed by atoms with Gasteiger partial charge in [0.25, 0.3) is 5.91 Å². The Bertz CT molecular complexity index is 999. The number of primary amides is 1. The summed E-state index contributed by atoms with van der Waals surface area (Å²) in [6.07, 6.45) is 5.78. The van der Waals surface area contributed by atoms with Crippen LogP contribution in [0.15, 0.2) is 24.4 Å². The summed E-state index contributed by atoms with van der Waals surface area (Å²) in [5.41, 5.74) is 7.42. The summed E-state index contributed by atoms with van der Waals surface area (Å²) in [6.45, 7) is 3.47. The van der Waals surface area contributed by atoms with E-state index in [1.165, 1.54) is 6.20 Å². The van der Waals surface area contributed by atoms with Crippen LogP contribution in [0.2, 0.25) is 0 Å². The number of hydrogen-bond donors (Lipinski definition) is 4. The van der Waals surface area contributed by atoms with Crippen LogP contribution >= 0.6 is 13.5 Å². The van der Waals surface area contributed by atoms with Crippen LogP contribution in [0, 0.1) is 5.92 Å². The zero-order chi connectivity index (χ0) is 22.6. The predicted octanol–water partition coefficient (Wildman–Crippen LogP) is 2.62. The van der Waals surface area contributed by atoms with Gasteiger partial charge in [0.2, 0.25) is 5.95 Å². The lowest BCUT2D eigenvalue weighted by atomic mass is 10.0. The highest BCUT2D eigenvalue weighted by Crippen LogP contribution is 2.32. The minimum Gasteiger partial charge on any atom is -0.489 e. The molecule has 1 unspecified atom stereocenters. The minimum absolute atomic E-state index is 0. The molecule has 3 heterocycles. The molecule has 34 heavy (non-hydrogen) atoms. The van der Waals surface area contributed by atoms with Gasteiger partial charge in [-0.25, -0.2) is 4.98 Å². The van der Waals surface area contributed by atoms with Crippen molar-refractivity contribution in [1.29, 1.82) is 0 Å². The van der Waals surface area contributed by atoms with Crippen molar-refractivity contribution in [3.05, 3.63) is 30.0 Å². The van der Waals surface area contributed by atoms with Gasteiger partial charge in [0.05, 0.1) is 24.5 Å². The van der Waals surface area contributed by atoms with Crippen molar-refractivity contribution >= 4 is 42.5 Å². The molecule has 10 nitrogen and oxygen atoms in total. The maximum Gasteiger partial charge on any atom is 0.254 e. The molecule has 3 aliphatic rings. The van der Waals surface area contributed by atoms with Crippen molar-refractivity contribution in [2.75, 3.05) is 48.9 Å². The largest absolute Gasteiger partial charge is 0.489 e. The number of hydrogen-bond acceptors (Lipinski definition) is 9. The zero-order valence-corrected chi connectivity index (χ0v) is 20.0. The van der Waals surface area contributed by atoms with Gasteiger partial charge in [0.15, 0.2) is 0 Å². The predicted molar refractivity (Wildman–Crippen MR) is 135 cm³/mol. The van der Waals surface area contributed by atoms with Gasteiger partial charge in [-0.3, -0.25) is 4.79 Å². The molecule has 1 aromatic carbocycles. The van der Waals surface area contributed by atoms with Gasteiger partial charge in [-0.1, -0.05) is 0 Å². The molecule has 5 N–H and O–H groups in total. The number of nitrogens with zero attached hydrogens (tertiary/aromatic N) is 2. The summed E-state index contributed by atoms with van der Waals surface area (Å²) in [5.74, 6) is 1.52. The fourth-order valence-corrected chi connectivity index (χ4v) is 3.94. The van der Waals surface area contributed by atoms with Crippen LogP contribution in [0.25, 0.3) is 0 Å². The second-order valence-electron chi connectivity index (χ2n) is 8.81. The van der Waals surface area contributed by atoms with E-state index in [1.807, 2.05) is 18.2 Å². The molecule has 1 saturated carbocycles. The minimum atomic E-state index is -0.552. The van der Waals surface area contributed by atoms with Gasteiger partial charge in [-0.05, 0) is 43.9 Å². The molecule has 2 atom stereocenters. The van der Waals surface area contributed by atoms with E-state index < -0.39 is 5.91 Å². The van der Waals surface area contributed by atoms with Gasteiger partial charge in [-0.15, -0.1) is 0 Å². The van der Waals surface area contributed by atoms with Crippen LogP contribution in [0.1, 0.15) is 36.0 Å². The molecule has 2 aliphatic heterocycles. The van der Waals surface area contributed by atoms with E-state index in [9.17, 15) is 4.79 Å². The van der Waals surface area contributed by atoms with E-state index in [2.05, 4.69) is 25.9 Å². The Labute approximate surface area is 205 Å². The normalized spacial score (nSPS) is 21.6. The second kappa shape index (κ2) is 11.1. The number of aromatic nitrogens is 2. The van der Waals surface area contributed by atoms with Crippen LogP contribution in [-0.4, -0.2) is 61.0 Å². The van der Waals surface area contributed by atoms with E-state index in [4.69, 9.17) is 19.9 Å². The van der Waals surface area contributed by atoms with Crippen molar-refractivity contribution in [2.24, 2.45) is 11.7 Å². The highest BCUT2D eigenvalue weighted by molar-refractivity contribution is 7.59. The van der Waals surface area contributed by atoms with Crippen molar-refractivity contribution in [3.8, 4) is 5.75 Å². The number of anilines is 4. The van der Waals surface area contributed by atoms with Crippen molar-refractivity contribution < 1.29 is 19.0 Å². The van der Waals surface area contributed by atoms with Gasteiger partial charge in [-0.2, -0.15) is 18.5 Å². The summed E-state index contributed by atoms with van der Waals surface area (Å²) >= 11 is 0. The van der Waals surface area contributed by atoms with Crippen LogP contribution in [-0.2, 0) is 9.47 Å². The van der Waals surface area contributed by atoms with Crippen molar-refractivity contribution in [2.45, 2.75) is 37.8 Å². The van der Waals surface area contributed by atoms with E-state index in [0.29, 0.717) is 43.5 Å². The second-order valence-corrected chi connectivity index (χ2v) is 8.81. The smallest absolute Gasteiger partial charge is 0.254 e. The Morgan fingerprint density at radius 3 is 2.91 bits per heavy atom. The summed E-state index contributed by atoms with van der Waals surface area (Å²) < 4.78 is 17.6. The summed E-state index contributed by atoms with van der Waals surface area (Å²) in [4.78, 5) is 20.4. The summed E-state index contributed by atoms with van der Waals surface area (Å²) in [6, 6.07) is 6.09. The molecular weight excluding hydrogens is 456 g/mol. The molecule has 1 aromatic heterocycles. The van der Waals surface area contributed by atoms with E-state index in [1.54, 1.807) is 0 Å². The SMILES string of the molecule is NC(=O)c1cnc(Nc2ccc3c(c2)NC[C@H](OCC2CCCOC2)CO3)nc1NC1CC1.S. The number of rotatable bonds is 8. The van der Waals surface area contributed by atoms with E-state index in [-0.39, 0.29) is 25.2 Å². The third kappa shape index (κ3) is 6.22. The van der Waals surface area contributed by atoms with Crippen LogP contribution < -0.4 is 26.4 Å². The monoisotopic (exact) mass is 488 g/mol. The molecule has 184 valence electrons. The summed E-state index contributed by atoms with van der Waals surface area (Å²) in [7, 11) is 0. The molecule has 0 bridgehead atoms. The Morgan fingerprint density at radius 1 is 1.26 bits per heavy atom. The van der Waals surface area contributed by atoms with E-state index >= 15 is 0 Å². The number of fused-ring (bicyclic) bond motifs is 1. The Morgan fingerprint density at radius 2 is 2.15 bits per heavy atom. The van der Waals surface area contributed by atoms with Crippen LogP contribution in [0.3, 0.4) is 0 Å². The molecule has 1 saturated heterocycles. The molecule has 0 spiro atoms. The first kappa shape index (κ1) is 24.4. The van der Waals surface area contributed by atoms with Crippen molar-refractivity contribution in [3.63, 3.8) is 0 Å². The topological polar surface area (TPSA) is 133 Å².